The molecule has 4 rings (SSSR count). The van der Waals surface area contributed by atoms with Crippen LogP contribution in [0.15, 0.2) is 52.2 Å². The predicted molar refractivity (Wildman–Crippen MR) is 105 cm³/mol. The lowest BCUT2D eigenvalue weighted by molar-refractivity contribution is -0.125. The van der Waals surface area contributed by atoms with E-state index in [0.717, 1.165) is 11.8 Å². The van der Waals surface area contributed by atoms with Crippen LogP contribution in [0.2, 0.25) is 0 Å². The molecule has 0 saturated heterocycles. The Hall–Kier alpha value is -3.27. The minimum absolute atomic E-state index is 0.0402. The largest absolute Gasteiger partial charge is 0.461 e. The van der Waals surface area contributed by atoms with Gasteiger partial charge in [0.2, 0.25) is 22.8 Å². The van der Waals surface area contributed by atoms with Crippen LogP contribution in [0.4, 0.5) is 11.4 Å². The Morgan fingerprint density at radius 1 is 1.25 bits per heavy atom. The quantitative estimate of drug-likeness (QED) is 0.510. The molecule has 1 aliphatic rings. The summed E-state index contributed by atoms with van der Waals surface area (Å²) in [5.74, 6) is 6.44. The molecule has 10 heteroatoms. The lowest BCUT2D eigenvalue weighted by Gasteiger charge is -2.42. The first-order valence-electron chi connectivity index (χ1n) is 8.50. The number of rotatable bonds is 4. The van der Waals surface area contributed by atoms with Crippen LogP contribution in [0, 0.1) is 0 Å². The van der Waals surface area contributed by atoms with Crippen LogP contribution >= 0.6 is 11.8 Å². The molecule has 3 heterocycles. The van der Waals surface area contributed by atoms with Crippen LogP contribution in [0.1, 0.15) is 13.8 Å². The lowest BCUT2D eigenvalue weighted by Crippen LogP contribution is -2.59. The Labute approximate surface area is 164 Å². The van der Waals surface area contributed by atoms with E-state index in [9.17, 15) is 9.59 Å². The van der Waals surface area contributed by atoms with Gasteiger partial charge in [-0.25, -0.2) is 4.68 Å². The van der Waals surface area contributed by atoms with Crippen molar-refractivity contribution in [3.63, 3.8) is 0 Å². The van der Waals surface area contributed by atoms with E-state index in [1.54, 1.807) is 38.1 Å². The number of amides is 2. The molecule has 0 radical (unpaired) electrons. The monoisotopic (exact) mass is 398 g/mol. The van der Waals surface area contributed by atoms with E-state index >= 15 is 0 Å². The van der Waals surface area contributed by atoms with Gasteiger partial charge in [-0.3, -0.25) is 14.5 Å². The normalized spacial score (nSPS) is 15.2. The Morgan fingerprint density at radius 3 is 2.79 bits per heavy atom. The molecule has 0 bridgehead atoms. The molecule has 0 atom stereocenters. The van der Waals surface area contributed by atoms with Crippen molar-refractivity contribution >= 4 is 35.0 Å². The molecule has 0 aliphatic carbocycles. The minimum Gasteiger partial charge on any atom is -0.461 e. The molecule has 0 saturated carbocycles. The first-order valence-corrected chi connectivity index (χ1v) is 9.49. The van der Waals surface area contributed by atoms with Crippen molar-refractivity contribution in [3.8, 4) is 11.6 Å². The maximum Gasteiger partial charge on any atom is 0.250 e. The number of hydrogen-bond acceptors (Lipinski definition) is 7. The number of hydrogen-bond donors (Lipinski definition) is 2. The number of nitrogens with zero attached hydrogens (tertiary/aromatic N) is 4. The lowest BCUT2D eigenvalue weighted by atomic mass is 9.96. The number of nitrogens with two attached hydrogens (primary N) is 1. The van der Waals surface area contributed by atoms with Gasteiger partial charge >= 0.3 is 0 Å². The second kappa shape index (κ2) is 6.71. The predicted octanol–water partition coefficient (Wildman–Crippen LogP) is 2.11. The molecule has 144 valence electrons. The average molecular weight is 398 g/mol. The number of nitrogens with one attached hydrogen (secondary N) is 1. The Morgan fingerprint density at radius 2 is 2.04 bits per heavy atom. The van der Waals surface area contributed by atoms with Crippen molar-refractivity contribution in [1.82, 2.24) is 14.9 Å². The third-order valence-corrected chi connectivity index (χ3v) is 5.42. The second-order valence-electron chi connectivity index (χ2n) is 6.70. The zero-order valence-electron chi connectivity index (χ0n) is 15.2. The molecule has 2 amide bonds. The fourth-order valence-corrected chi connectivity index (χ4v) is 3.74. The van der Waals surface area contributed by atoms with Gasteiger partial charge in [-0.1, -0.05) is 23.9 Å². The first-order chi connectivity index (χ1) is 13.4. The molecule has 9 nitrogen and oxygen atoms in total. The van der Waals surface area contributed by atoms with Crippen LogP contribution in [-0.2, 0) is 9.59 Å². The van der Waals surface area contributed by atoms with Gasteiger partial charge in [-0.05, 0) is 38.1 Å². The van der Waals surface area contributed by atoms with Gasteiger partial charge in [0.05, 0.1) is 23.4 Å². The smallest absolute Gasteiger partial charge is 0.250 e. The summed E-state index contributed by atoms with van der Waals surface area (Å²) in [4.78, 5) is 27.1. The van der Waals surface area contributed by atoms with E-state index in [-0.39, 0.29) is 17.6 Å². The number of carbonyl (C=O) groups is 2. The third kappa shape index (κ3) is 2.91. The van der Waals surface area contributed by atoms with Gasteiger partial charge in [0.15, 0.2) is 5.76 Å². The molecule has 1 aliphatic heterocycles. The van der Waals surface area contributed by atoms with E-state index < -0.39 is 5.54 Å². The highest BCUT2D eigenvalue weighted by Gasteiger charge is 2.43. The molecule has 28 heavy (non-hydrogen) atoms. The van der Waals surface area contributed by atoms with Crippen molar-refractivity contribution in [2.75, 3.05) is 21.8 Å². The van der Waals surface area contributed by atoms with Crippen LogP contribution in [0.3, 0.4) is 0 Å². The van der Waals surface area contributed by atoms with Gasteiger partial charge < -0.3 is 15.6 Å². The molecule has 0 spiro atoms. The fraction of sp³-hybridized carbons (Fsp3) is 0.222. The first kappa shape index (κ1) is 18.1. The van der Waals surface area contributed by atoms with E-state index in [0.29, 0.717) is 28.1 Å². The summed E-state index contributed by atoms with van der Waals surface area (Å²) in [5, 5.41) is 11.2. The fourth-order valence-electron chi connectivity index (χ4n) is 3.04. The van der Waals surface area contributed by atoms with Crippen molar-refractivity contribution in [2.24, 2.45) is 0 Å². The molecule has 0 unspecified atom stereocenters. The van der Waals surface area contributed by atoms with Gasteiger partial charge in [0.1, 0.15) is 5.54 Å². The summed E-state index contributed by atoms with van der Waals surface area (Å²) in [6.45, 7) is 3.42. The summed E-state index contributed by atoms with van der Waals surface area (Å²) < 4.78 is 6.56. The highest BCUT2D eigenvalue weighted by Crippen LogP contribution is 2.37. The van der Waals surface area contributed by atoms with Gasteiger partial charge in [-0.2, -0.15) is 0 Å². The number of fused-ring (bicyclic) bond motifs is 1. The molecular formula is C18H18N6O3S. The van der Waals surface area contributed by atoms with Crippen LogP contribution in [-0.4, -0.2) is 38.0 Å². The average Bonchev–Trinajstić information content (AvgIpc) is 3.30. The van der Waals surface area contributed by atoms with Gasteiger partial charge in [-0.15, -0.1) is 10.2 Å². The number of furan rings is 1. The number of benzene rings is 1. The van der Waals surface area contributed by atoms with E-state index in [1.165, 1.54) is 15.8 Å². The summed E-state index contributed by atoms with van der Waals surface area (Å²) in [5.41, 5.74) is 0.234. The number of aromatic nitrogens is 3. The highest BCUT2D eigenvalue weighted by atomic mass is 32.2. The summed E-state index contributed by atoms with van der Waals surface area (Å²) >= 11 is 1.14. The zero-order chi connectivity index (χ0) is 19.9. The van der Waals surface area contributed by atoms with Crippen molar-refractivity contribution < 1.29 is 14.0 Å². The van der Waals surface area contributed by atoms with Crippen LogP contribution in [0.25, 0.3) is 11.6 Å². The maximum absolute atomic E-state index is 13.1. The SMILES string of the molecule is CC1(C)C(=O)Nc2ccccc2N1C(=O)CSc1nnc(-c2ccco2)n1N. The second-order valence-corrected chi connectivity index (χ2v) is 7.64. The Balaban J connectivity index is 1.56. The molecule has 0 fully saturated rings. The van der Waals surface area contributed by atoms with E-state index in [2.05, 4.69) is 15.5 Å². The van der Waals surface area contributed by atoms with Crippen molar-refractivity contribution in [3.05, 3.63) is 42.7 Å². The number of para-hydroxylation sites is 2. The van der Waals surface area contributed by atoms with Crippen LogP contribution < -0.4 is 16.1 Å². The number of thioether (sulfide) groups is 1. The highest BCUT2D eigenvalue weighted by molar-refractivity contribution is 7.99. The van der Waals surface area contributed by atoms with E-state index in [1.807, 2.05) is 12.1 Å². The third-order valence-electron chi connectivity index (χ3n) is 4.49. The number of carbonyl (C=O) groups excluding carboxylic acids is 2. The van der Waals surface area contributed by atoms with E-state index in [4.69, 9.17) is 10.3 Å². The van der Waals surface area contributed by atoms with Gasteiger partial charge in [0, 0.05) is 0 Å². The molecule has 1 aromatic carbocycles. The topological polar surface area (TPSA) is 119 Å². The zero-order valence-corrected chi connectivity index (χ0v) is 16.1. The summed E-state index contributed by atoms with van der Waals surface area (Å²) in [6, 6.07) is 10.6. The maximum atomic E-state index is 13.1. The van der Waals surface area contributed by atoms with Crippen molar-refractivity contribution in [1.29, 1.82) is 0 Å². The standard InChI is InChI=1S/C18H18N6O3S/c1-18(2)16(26)20-11-6-3-4-7-12(11)23(18)14(25)10-28-17-22-21-15(24(17)19)13-8-5-9-27-13/h3-9H,10,19H2,1-2H3,(H,20,26). The van der Waals surface area contributed by atoms with Crippen molar-refractivity contribution in [2.45, 2.75) is 24.5 Å². The minimum atomic E-state index is -1.03. The molecule has 3 N–H and O–H groups in total. The van der Waals surface area contributed by atoms with Crippen LogP contribution in [0.5, 0.6) is 0 Å². The summed E-state index contributed by atoms with van der Waals surface area (Å²) in [7, 11) is 0. The van der Waals surface area contributed by atoms with Gasteiger partial charge in [0.25, 0.3) is 0 Å². The molecular weight excluding hydrogens is 380 g/mol. The Bertz CT molecular complexity index is 1040. The summed E-state index contributed by atoms with van der Waals surface area (Å²) in [6.07, 6.45) is 1.52. The molecule has 2 aromatic heterocycles. The number of nitrogen functional groups attached to an aromatic ring is 1. The number of anilines is 2. The molecule has 3 aromatic rings. The Kier molecular flexibility index (Phi) is 4.34.